The van der Waals surface area contributed by atoms with Crippen molar-refractivity contribution in [2.75, 3.05) is 13.1 Å². The molecule has 1 aliphatic carbocycles. The first-order chi connectivity index (χ1) is 7.75. The highest BCUT2D eigenvalue weighted by molar-refractivity contribution is 5.36. The number of rotatable bonds is 2. The van der Waals surface area contributed by atoms with Gasteiger partial charge >= 0.3 is 0 Å². The van der Waals surface area contributed by atoms with Crippen LogP contribution in [0, 0.1) is 22.0 Å². The Morgan fingerprint density at radius 1 is 1.25 bits per heavy atom. The highest BCUT2D eigenvalue weighted by Crippen LogP contribution is 2.49. The summed E-state index contributed by atoms with van der Waals surface area (Å²) < 4.78 is 0. The number of hydrogen-bond donors (Lipinski definition) is 1. The minimum Gasteiger partial charge on any atom is -0.316 e. The topological polar surface area (TPSA) is 55.2 Å². The zero-order valence-corrected chi connectivity index (χ0v) is 8.93. The predicted octanol–water partition coefficient (Wildman–Crippen LogP) is 1.92. The number of nitro benzene ring substituents is 1. The molecule has 1 saturated heterocycles. The van der Waals surface area contributed by atoms with Crippen LogP contribution in [0.3, 0.4) is 0 Å². The largest absolute Gasteiger partial charge is 0.316 e. The number of nitrogens with one attached hydrogen (secondary N) is 1. The van der Waals surface area contributed by atoms with Gasteiger partial charge in [-0.15, -0.1) is 0 Å². The van der Waals surface area contributed by atoms with E-state index in [1.807, 2.05) is 12.1 Å². The van der Waals surface area contributed by atoms with Crippen LogP contribution >= 0.6 is 0 Å². The first-order valence-corrected chi connectivity index (χ1v) is 5.71. The van der Waals surface area contributed by atoms with Gasteiger partial charge in [-0.1, -0.05) is 12.1 Å². The van der Waals surface area contributed by atoms with Crippen molar-refractivity contribution in [3.05, 3.63) is 39.9 Å². The van der Waals surface area contributed by atoms with Gasteiger partial charge in [-0.05, 0) is 42.8 Å². The van der Waals surface area contributed by atoms with E-state index < -0.39 is 0 Å². The van der Waals surface area contributed by atoms with E-state index in [1.165, 1.54) is 12.0 Å². The summed E-state index contributed by atoms with van der Waals surface area (Å²) in [6.07, 6.45) is 1.23. The Balaban J connectivity index is 1.78. The van der Waals surface area contributed by atoms with Crippen LogP contribution in [0.15, 0.2) is 24.3 Å². The molecule has 2 aliphatic rings. The van der Waals surface area contributed by atoms with Crippen molar-refractivity contribution in [1.29, 1.82) is 0 Å². The average molecular weight is 218 g/mol. The first-order valence-electron chi connectivity index (χ1n) is 5.71. The number of non-ortho nitro benzene ring substituents is 1. The minimum absolute atomic E-state index is 0.184. The molecule has 4 nitrogen and oxygen atoms in total. The molecule has 3 rings (SSSR count). The molecule has 2 fully saturated rings. The summed E-state index contributed by atoms with van der Waals surface area (Å²) in [4.78, 5) is 10.2. The minimum atomic E-state index is -0.343. The third kappa shape index (κ3) is 1.41. The van der Waals surface area contributed by atoms with E-state index in [0.717, 1.165) is 24.9 Å². The molecule has 3 atom stereocenters. The van der Waals surface area contributed by atoms with Crippen molar-refractivity contribution in [3.8, 4) is 0 Å². The van der Waals surface area contributed by atoms with Crippen LogP contribution in [-0.4, -0.2) is 18.0 Å². The lowest BCUT2D eigenvalue weighted by Gasteiger charge is -2.40. The lowest BCUT2D eigenvalue weighted by molar-refractivity contribution is -0.384. The summed E-state index contributed by atoms with van der Waals surface area (Å²) in [5.41, 5.74) is 1.44. The summed E-state index contributed by atoms with van der Waals surface area (Å²) >= 11 is 0. The lowest BCUT2D eigenvalue weighted by atomic mass is 9.64. The van der Waals surface area contributed by atoms with Crippen LogP contribution in [0.1, 0.15) is 17.9 Å². The van der Waals surface area contributed by atoms with Crippen molar-refractivity contribution in [2.45, 2.75) is 12.3 Å². The second kappa shape index (κ2) is 3.56. The molecule has 1 heterocycles. The van der Waals surface area contributed by atoms with Gasteiger partial charge in [0, 0.05) is 12.1 Å². The number of benzene rings is 1. The molecular weight excluding hydrogens is 204 g/mol. The van der Waals surface area contributed by atoms with Crippen LogP contribution in [0.25, 0.3) is 0 Å². The van der Waals surface area contributed by atoms with Gasteiger partial charge in [0.1, 0.15) is 0 Å². The Morgan fingerprint density at radius 3 is 2.62 bits per heavy atom. The predicted molar refractivity (Wildman–Crippen MR) is 60.3 cm³/mol. The number of hydrogen-bond acceptors (Lipinski definition) is 3. The molecule has 0 radical (unpaired) electrons. The van der Waals surface area contributed by atoms with E-state index in [4.69, 9.17) is 0 Å². The summed E-state index contributed by atoms with van der Waals surface area (Å²) in [5, 5.41) is 13.9. The van der Waals surface area contributed by atoms with Crippen LogP contribution in [0.5, 0.6) is 0 Å². The van der Waals surface area contributed by atoms with E-state index in [9.17, 15) is 10.1 Å². The fourth-order valence-electron chi connectivity index (χ4n) is 3.01. The fourth-order valence-corrected chi connectivity index (χ4v) is 3.01. The van der Waals surface area contributed by atoms with Crippen molar-refractivity contribution in [2.24, 2.45) is 11.8 Å². The van der Waals surface area contributed by atoms with Gasteiger partial charge in [-0.3, -0.25) is 10.1 Å². The van der Waals surface area contributed by atoms with Gasteiger partial charge in [0.15, 0.2) is 0 Å². The van der Waals surface area contributed by atoms with Crippen LogP contribution in [0.2, 0.25) is 0 Å². The lowest BCUT2D eigenvalue weighted by Crippen LogP contribution is -2.33. The molecule has 84 valence electrons. The Morgan fingerprint density at radius 2 is 2.00 bits per heavy atom. The Kier molecular flexibility index (Phi) is 2.17. The highest BCUT2D eigenvalue weighted by atomic mass is 16.6. The molecular formula is C12H14N2O2. The SMILES string of the molecule is O=[N+]([O-])c1ccc([C@H]2C[C@@H]3CNC[C@@H]32)cc1. The number of nitrogens with zero attached hydrogens (tertiary/aromatic N) is 1. The smallest absolute Gasteiger partial charge is 0.269 e. The molecule has 1 aliphatic heterocycles. The van der Waals surface area contributed by atoms with Crippen molar-refractivity contribution < 1.29 is 4.92 Å². The number of nitro groups is 1. The van der Waals surface area contributed by atoms with Crippen molar-refractivity contribution in [1.82, 2.24) is 5.32 Å². The monoisotopic (exact) mass is 218 g/mol. The van der Waals surface area contributed by atoms with Gasteiger partial charge in [-0.2, -0.15) is 0 Å². The Hall–Kier alpha value is -1.42. The molecule has 0 bridgehead atoms. The third-order valence-corrected chi connectivity index (χ3v) is 4.00. The van der Waals surface area contributed by atoms with Gasteiger partial charge in [0.05, 0.1) is 4.92 Å². The fraction of sp³-hybridized carbons (Fsp3) is 0.500. The van der Waals surface area contributed by atoms with Gasteiger partial charge in [-0.25, -0.2) is 0 Å². The van der Waals surface area contributed by atoms with Crippen LogP contribution in [0.4, 0.5) is 5.69 Å². The summed E-state index contributed by atoms with van der Waals surface area (Å²) in [5.74, 6) is 2.20. The van der Waals surface area contributed by atoms with Crippen molar-refractivity contribution in [3.63, 3.8) is 0 Å². The quantitative estimate of drug-likeness (QED) is 0.609. The summed E-state index contributed by atoms with van der Waals surface area (Å²) in [7, 11) is 0. The standard InChI is InChI=1S/C12H14N2O2/c15-14(16)10-3-1-8(2-4-10)11-5-9-6-13-7-12(9)11/h1-4,9,11-13H,5-7H2/t9-,11-,12+/m1/s1. The Labute approximate surface area is 93.8 Å². The van der Waals surface area contributed by atoms with Crippen LogP contribution < -0.4 is 5.32 Å². The molecule has 0 spiro atoms. The number of fused-ring (bicyclic) bond motifs is 1. The zero-order chi connectivity index (χ0) is 11.1. The Bertz CT molecular complexity index is 416. The van der Waals surface area contributed by atoms with E-state index in [1.54, 1.807) is 12.1 Å². The average Bonchev–Trinajstić information content (AvgIpc) is 2.61. The van der Waals surface area contributed by atoms with Gasteiger partial charge in [0.25, 0.3) is 5.69 Å². The maximum Gasteiger partial charge on any atom is 0.269 e. The molecule has 16 heavy (non-hydrogen) atoms. The van der Waals surface area contributed by atoms with E-state index in [0.29, 0.717) is 5.92 Å². The summed E-state index contributed by atoms with van der Waals surface area (Å²) in [6, 6.07) is 7.06. The zero-order valence-electron chi connectivity index (χ0n) is 8.93. The second-order valence-corrected chi connectivity index (χ2v) is 4.77. The van der Waals surface area contributed by atoms with E-state index in [2.05, 4.69) is 5.32 Å². The highest BCUT2D eigenvalue weighted by Gasteiger charge is 2.44. The molecule has 0 unspecified atom stereocenters. The maximum atomic E-state index is 10.5. The molecule has 1 N–H and O–H groups in total. The summed E-state index contributed by atoms with van der Waals surface area (Å²) in [6.45, 7) is 2.25. The molecule has 0 aromatic heterocycles. The second-order valence-electron chi connectivity index (χ2n) is 4.77. The molecule has 1 aromatic rings. The normalized spacial score (nSPS) is 31.9. The van der Waals surface area contributed by atoms with Gasteiger partial charge in [0.2, 0.25) is 0 Å². The molecule has 1 aromatic carbocycles. The van der Waals surface area contributed by atoms with E-state index >= 15 is 0 Å². The van der Waals surface area contributed by atoms with Crippen LogP contribution in [-0.2, 0) is 0 Å². The molecule has 4 heteroatoms. The van der Waals surface area contributed by atoms with E-state index in [-0.39, 0.29) is 10.6 Å². The van der Waals surface area contributed by atoms with Crippen molar-refractivity contribution >= 4 is 5.69 Å². The maximum absolute atomic E-state index is 10.5. The third-order valence-electron chi connectivity index (χ3n) is 4.00. The first kappa shape index (κ1) is 9.78. The van der Waals surface area contributed by atoms with Gasteiger partial charge < -0.3 is 5.32 Å². The molecule has 1 saturated carbocycles. The molecule has 0 amide bonds.